The van der Waals surface area contributed by atoms with Crippen molar-refractivity contribution in [1.82, 2.24) is 5.32 Å². The average Bonchev–Trinajstić information content (AvgIpc) is 2.57. The quantitative estimate of drug-likeness (QED) is 0.812. The summed E-state index contributed by atoms with van der Waals surface area (Å²) >= 11 is 0. The topological polar surface area (TPSA) is 21.3 Å². The Hall–Kier alpha value is -0.0800. The zero-order valence-electron chi connectivity index (χ0n) is 12.6. The van der Waals surface area contributed by atoms with E-state index in [0.29, 0.717) is 0 Å². The molecule has 0 radical (unpaired) electrons. The molecule has 0 spiro atoms. The largest absolute Gasteiger partial charge is 0.376 e. The van der Waals surface area contributed by atoms with Crippen molar-refractivity contribution < 1.29 is 4.74 Å². The second-order valence-electron chi connectivity index (χ2n) is 7.60. The maximum atomic E-state index is 5.89. The first kappa shape index (κ1) is 15.0. The predicted molar refractivity (Wildman–Crippen MR) is 74.3 cm³/mol. The van der Waals surface area contributed by atoms with Gasteiger partial charge in [-0.25, -0.2) is 0 Å². The van der Waals surface area contributed by atoms with Crippen LogP contribution in [0.3, 0.4) is 0 Å². The molecule has 1 aliphatic carbocycles. The fourth-order valence-corrected chi connectivity index (χ4v) is 2.33. The van der Waals surface area contributed by atoms with Gasteiger partial charge >= 0.3 is 0 Å². The van der Waals surface area contributed by atoms with E-state index in [2.05, 4.69) is 46.9 Å². The Labute approximate surface area is 108 Å². The summed E-state index contributed by atoms with van der Waals surface area (Å²) in [6.45, 7) is 15.2. The third-order valence-corrected chi connectivity index (χ3v) is 3.32. The van der Waals surface area contributed by atoms with Gasteiger partial charge < -0.3 is 10.1 Å². The molecule has 0 heterocycles. The molecule has 17 heavy (non-hydrogen) atoms. The number of hydrogen-bond acceptors (Lipinski definition) is 2. The van der Waals surface area contributed by atoms with Gasteiger partial charge in [0.1, 0.15) is 0 Å². The molecule has 1 rings (SSSR count). The van der Waals surface area contributed by atoms with E-state index in [1.165, 1.54) is 19.3 Å². The van der Waals surface area contributed by atoms with Crippen molar-refractivity contribution in [2.75, 3.05) is 13.2 Å². The first-order chi connectivity index (χ1) is 7.66. The van der Waals surface area contributed by atoms with Crippen LogP contribution in [0.2, 0.25) is 0 Å². The first-order valence-electron chi connectivity index (χ1n) is 7.05. The van der Waals surface area contributed by atoms with Gasteiger partial charge in [0, 0.05) is 5.54 Å². The van der Waals surface area contributed by atoms with E-state index in [4.69, 9.17) is 4.74 Å². The first-order valence-corrected chi connectivity index (χ1v) is 7.05. The molecule has 2 nitrogen and oxygen atoms in total. The molecular weight excluding hydrogens is 210 g/mol. The van der Waals surface area contributed by atoms with Crippen LogP contribution in [0.5, 0.6) is 0 Å². The fourth-order valence-electron chi connectivity index (χ4n) is 2.33. The average molecular weight is 241 g/mol. The highest BCUT2D eigenvalue weighted by Gasteiger charge is 2.26. The van der Waals surface area contributed by atoms with E-state index in [9.17, 15) is 0 Å². The Kier molecular flexibility index (Phi) is 5.03. The van der Waals surface area contributed by atoms with Crippen molar-refractivity contribution in [3.63, 3.8) is 0 Å². The molecule has 0 aliphatic heterocycles. The number of ether oxygens (including phenoxy) is 1. The summed E-state index contributed by atoms with van der Waals surface area (Å²) in [5, 5.41) is 3.62. The number of rotatable bonds is 4. The van der Waals surface area contributed by atoms with E-state index in [1.54, 1.807) is 0 Å². The minimum atomic E-state index is 0.0156. The van der Waals surface area contributed by atoms with Crippen LogP contribution in [-0.2, 0) is 4.74 Å². The standard InChI is InChI=1S/C15H31NO/c1-14(2,3)16-10-12-7-8-13(9-12)11-17-15(4,5)6/h12-13,16H,7-11H2,1-6H3/t12-,13+/m1/s1. The summed E-state index contributed by atoms with van der Waals surface area (Å²) in [4.78, 5) is 0. The highest BCUT2D eigenvalue weighted by Crippen LogP contribution is 2.31. The molecule has 0 aromatic carbocycles. The predicted octanol–water partition coefficient (Wildman–Crippen LogP) is 3.61. The lowest BCUT2D eigenvalue weighted by atomic mass is 10.0. The van der Waals surface area contributed by atoms with E-state index >= 15 is 0 Å². The van der Waals surface area contributed by atoms with E-state index in [0.717, 1.165) is 25.0 Å². The molecule has 1 saturated carbocycles. The van der Waals surface area contributed by atoms with Crippen molar-refractivity contribution in [2.24, 2.45) is 11.8 Å². The molecule has 1 aliphatic rings. The molecule has 0 amide bonds. The lowest BCUT2D eigenvalue weighted by Gasteiger charge is -2.24. The lowest BCUT2D eigenvalue weighted by Crippen LogP contribution is -2.38. The maximum Gasteiger partial charge on any atom is 0.0598 e. The van der Waals surface area contributed by atoms with E-state index in [1.807, 2.05) is 0 Å². The van der Waals surface area contributed by atoms with Crippen molar-refractivity contribution in [2.45, 2.75) is 71.9 Å². The normalized spacial score (nSPS) is 26.5. The van der Waals surface area contributed by atoms with Gasteiger partial charge in [0.2, 0.25) is 0 Å². The van der Waals surface area contributed by atoms with Gasteiger partial charge in [0.25, 0.3) is 0 Å². The molecule has 0 aromatic rings. The molecule has 1 N–H and O–H groups in total. The molecule has 2 atom stereocenters. The van der Waals surface area contributed by atoms with Gasteiger partial charge in [-0.15, -0.1) is 0 Å². The van der Waals surface area contributed by atoms with Gasteiger partial charge in [-0.1, -0.05) is 0 Å². The lowest BCUT2D eigenvalue weighted by molar-refractivity contribution is -0.0216. The molecule has 0 aromatic heterocycles. The third kappa shape index (κ3) is 7.05. The Morgan fingerprint density at radius 3 is 2.12 bits per heavy atom. The molecule has 0 bridgehead atoms. The second kappa shape index (κ2) is 5.71. The Morgan fingerprint density at radius 2 is 1.59 bits per heavy atom. The zero-order chi connectivity index (χ0) is 13.1. The van der Waals surface area contributed by atoms with Gasteiger partial charge in [-0.2, -0.15) is 0 Å². The minimum Gasteiger partial charge on any atom is -0.376 e. The van der Waals surface area contributed by atoms with Crippen molar-refractivity contribution in [3.05, 3.63) is 0 Å². The van der Waals surface area contributed by atoms with Crippen molar-refractivity contribution in [3.8, 4) is 0 Å². The minimum absolute atomic E-state index is 0.0156. The zero-order valence-corrected chi connectivity index (χ0v) is 12.6. The Bertz CT molecular complexity index is 200. The fraction of sp³-hybridized carbons (Fsp3) is 1.00. The second-order valence-corrected chi connectivity index (χ2v) is 7.60. The van der Waals surface area contributed by atoms with Crippen LogP contribution in [0.25, 0.3) is 0 Å². The van der Waals surface area contributed by atoms with E-state index in [-0.39, 0.29) is 11.1 Å². The third-order valence-electron chi connectivity index (χ3n) is 3.32. The maximum absolute atomic E-state index is 5.89. The molecule has 0 unspecified atom stereocenters. The molecule has 2 heteroatoms. The van der Waals surface area contributed by atoms with Crippen LogP contribution in [0.15, 0.2) is 0 Å². The Balaban J connectivity index is 2.19. The van der Waals surface area contributed by atoms with Gasteiger partial charge in [-0.3, -0.25) is 0 Å². The summed E-state index contributed by atoms with van der Waals surface area (Å²) in [6, 6.07) is 0. The van der Waals surface area contributed by atoms with Gasteiger partial charge in [-0.05, 0) is 79.2 Å². The van der Waals surface area contributed by atoms with Gasteiger partial charge in [0.15, 0.2) is 0 Å². The van der Waals surface area contributed by atoms with Crippen LogP contribution in [-0.4, -0.2) is 24.3 Å². The highest BCUT2D eigenvalue weighted by atomic mass is 16.5. The van der Waals surface area contributed by atoms with E-state index < -0.39 is 0 Å². The Morgan fingerprint density at radius 1 is 1.00 bits per heavy atom. The smallest absolute Gasteiger partial charge is 0.0598 e. The van der Waals surface area contributed by atoms with Crippen LogP contribution >= 0.6 is 0 Å². The molecule has 102 valence electrons. The van der Waals surface area contributed by atoms with Crippen molar-refractivity contribution in [1.29, 1.82) is 0 Å². The number of nitrogens with one attached hydrogen (secondary N) is 1. The monoisotopic (exact) mass is 241 g/mol. The molecular formula is C15H31NO. The summed E-state index contributed by atoms with van der Waals surface area (Å²) in [6.07, 6.45) is 4.03. The summed E-state index contributed by atoms with van der Waals surface area (Å²) < 4.78 is 5.89. The van der Waals surface area contributed by atoms with Crippen LogP contribution < -0.4 is 5.32 Å². The van der Waals surface area contributed by atoms with Gasteiger partial charge in [0.05, 0.1) is 12.2 Å². The molecule has 0 saturated heterocycles. The summed E-state index contributed by atoms with van der Waals surface area (Å²) in [5.41, 5.74) is 0.266. The van der Waals surface area contributed by atoms with Crippen molar-refractivity contribution >= 4 is 0 Å². The number of hydrogen-bond donors (Lipinski definition) is 1. The SMILES string of the molecule is CC(C)(C)NC[C@@H]1CC[C@H](COC(C)(C)C)C1. The summed E-state index contributed by atoms with van der Waals surface area (Å²) in [7, 11) is 0. The summed E-state index contributed by atoms with van der Waals surface area (Å²) in [5.74, 6) is 1.63. The highest BCUT2D eigenvalue weighted by molar-refractivity contribution is 4.80. The van der Waals surface area contributed by atoms with Crippen LogP contribution in [0.4, 0.5) is 0 Å². The van der Waals surface area contributed by atoms with Crippen LogP contribution in [0.1, 0.15) is 60.8 Å². The molecule has 1 fully saturated rings. The van der Waals surface area contributed by atoms with Crippen LogP contribution in [0, 0.1) is 11.8 Å².